The summed E-state index contributed by atoms with van der Waals surface area (Å²) in [6.07, 6.45) is 1.37. The first kappa shape index (κ1) is 12.8. The molecule has 1 aliphatic carbocycles. The lowest BCUT2D eigenvalue weighted by Crippen LogP contribution is -2.20. The Kier molecular flexibility index (Phi) is 3.73. The number of anilines is 1. The molecule has 96 valence electrons. The largest absolute Gasteiger partial charge is 0.351 e. The van der Waals surface area contributed by atoms with Crippen LogP contribution in [-0.4, -0.2) is 18.6 Å². The molecule has 2 unspecified atom stereocenters. The Morgan fingerprint density at radius 2 is 2.18 bits per heavy atom. The summed E-state index contributed by atoms with van der Waals surface area (Å²) in [7, 11) is 2.15. The smallest absolute Gasteiger partial charge is 0.185 e. The van der Waals surface area contributed by atoms with Crippen molar-refractivity contribution in [3.8, 4) is 0 Å². The van der Waals surface area contributed by atoms with Gasteiger partial charge in [-0.25, -0.2) is 4.98 Å². The van der Waals surface area contributed by atoms with Crippen LogP contribution in [0.2, 0.25) is 0 Å². The van der Waals surface area contributed by atoms with Gasteiger partial charge in [-0.2, -0.15) is 0 Å². The Balaban J connectivity index is 2.09. The zero-order valence-corrected chi connectivity index (χ0v) is 12.0. The van der Waals surface area contributed by atoms with Gasteiger partial charge < -0.3 is 10.6 Å². The second-order valence-corrected chi connectivity index (χ2v) is 6.58. The van der Waals surface area contributed by atoms with Gasteiger partial charge in [-0.1, -0.05) is 20.8 Å². The molecule has 4 heteroatoms. The minimum atomic E-state index is 0.465. The number of hydrogen-bond donors (Lipinski definition) is 1. The molecule has 1 aliphatic rings. The quantitative estimate of drug-likeness (QED) is 0.877. The monoisotopic (exact) mass is 253 g/mol. The lowest BCUT2D eigenvalue weighted by atomic mass is 10.1. The van der Waals surface area contributed by atoms with Crippen LogP contribution < -0.4 is 10.6 Å². The molecular formula is C13H23N3S. The first-order chi connectivity index (χ1) is 8.02. The first-order valence-electron chi connectivity index (χ1n) is 6.43. The second kappa shape index (κ2) is 4.94. The van der Waals surface area contributed by atoms with Crippen LogP contribution in [0.1, 0.15) is 43.7 Å². The SMILES string of the molecule is CC(C)c1nc(N(C)CC2CC2C)sc1CN. The molecule has 0 bridgehead atoms. The molecule has 0 spiro atoms. The summed E-state index contributed by atoms with van der Waals surface area (Å²) in [6.45, 7) is 8.43. The van der Waals surface area contributed by atoms with E-state index in [0.717, 1.165) is 23.5 Å². The molecule has 2 atom stereocenters. The van der Waals surface area contributed by atoms with Crippen LogP contribution in [0.25, 0.3) is 0 Å². The predicted octanol–water partition coefficient (Wildman–Crippen LogP) is 2.82. The van der Waals surface area contributed by atoms with E-state index in [1.165, 1.54) is 17.0 Å². The molecular weight excluding hydrogens is 230 g/mol. The molecule has 1 aromatic heterocycles. The number of nitrogens with two attached hydrogens (primary N) is 1. The highest BCUT2D eigenvalue weighted by molar-refractivity contribution is 7.15. The van der Waals surface area contributed by atoms with E-state index < -0.39 is 0 Å². The van der Waals surface area contributed by atoms with Gasteiger partial charge in [0.25, 0.3) is 0 Å². The summed E-state index contributed by atoms with van der Waals surface area (Å²) >= 11 is 1.76. The average molecular weight is 253 g/mol. The Morgan fingerprint density at radius 1 is 1.53 bits per heavy atom. The zero-order chi connectivity index (χ0) is 12.6. The number of rotatable bonds is 5. The van der Waals surface area contributed by atoms with Crippen molar-refractivity contribution in [1.29, 1.82) is 0 Å². The third-order valence-corrected chi connectivity index (χ3v) is 4.77. The van der Waals surface area contributed by atoms with E-state index in [4.69, 9.17) is 10.7 Å². The summed E-state index contributed by atoms with van der Waals surface area (Å²) in [5, 5.41) is 1.13. The average Bonchev–Trinajstić information content (AvgIpc) is 2.83. The van der Waals surface area contributed by atoms with Crippen molar-refractivity contribution in [3.05, 3.63) is 10.6 Å². The normalized spacial score (nSPS) is 23.2. The summed E-state index contributed by atoms with van der Waals surface area (Å²) in [5.41, 5.74) is 6.97. The number of aromatic nitrogens is 1. The maximum Gasteiger partial charge on any atom is 0.185 e. The fourth-order valence-corrected chi connectivity index (χ4v) is 3.26. The minimum absolute atomic E-state index is 0.465. The summed E-state index contributed by atoms with van der Waals surface area (Å²) < 4.78 is 0. The van der Waals surface area contributed by atoms with Gasteiger partial charge in [0.05, 0.1) is 5.69 Å². The molecule has 1 heterocycles. The van der Waals surface area contributed by atoms with Crippen molar-refractivity contribution in [2.75, 3.05) is 18.5 Å². The van der Waals surface area contributed by atoms with Crippen LogP contribution in [0, 0.1) is 11.8 Å². The van der Waals surface area contributed by atoms with E-state index in [0.29, 0.717) is 12.5 Å². The minimum Gasteiger partial charge on any atom is -0.351 e. The van der Waals surface area contributed by atoms with E-state index in [-0.39, 0.29) is 0 Å². The fraction of sp³-hybridized carbons (Fsp3) is 0.769. The van der Waals surface area contributed by atoms with Gasteiger partial charge in [0, 0.05) is 25.0 Å². The highest BCUT2D eigenvalue weighted by Gasteiger charge is 2.33. The maximum atomic E-state index is 5.79. The molecule has 0 amide bonds. The third-order valence-electron chi connectivity index (χ3n) is 3.56. The predicted molar refractivity (Wildman–Crippen MR) is 74.6 cm³/mol. The van der Waals surface area contributed by atoms with E-state index in [2.05, 4.69) is 32.7 Å². The topological polar surface area (TPSA) is 42.2 Å². The Morgan fingerprint density at radius 3 is 2.59 bits per heavy atom. The first-order valence-corrected chi connectivity index (χ1v) is 7.25. The van der Waals surface area contributed by atoms with E-state index >= 15 is 0 Å². The van der Waals surface area contributed by atoms with Crippen molar-refractivity contribution in [1.82, 2.24) is 4.98 Å². The Bertz CT molecular complexity index is 386. The van der Waals surface area contributed by atoms with Crippen molar-refractivity contribution in [2.45, 2.75) is 39.7 Å². The van der Waals surface area contributed by atoms with Crippen molar-refractivity contribution in [3.63, 3.8) is 0 Å². The third kappa shape index (κ3) is 2.80. The highest BCUT2D eigenvalue weighted by atomic mass is 32.1. The van der Waals surface area contributed by atoms with Gasteiger partial charge in [-0.3, -0.25) is 0 Å². The van der Waals surface area contributed by atoms with Crippen LogP contribution >= 0.6 is 11.3 Å². The molecule has 1 fully saturated rings. The number of thiazole rings is 1. The standard InChI is InChI=1S/C13H23N3S/c1-8(2)12-11(6-14)17-13(15-12)16(4)7-10-5-9(10)3/h8-10H,5-7,14H2,1-4H3. The van der Waals surface area contributed by atoms with Gasteiger partial charge in [0.15, 0.2) is 5.13 Å². The highest BCUT2D eigenvalue weighted by Crippen LogP contribution is 2.39. The molecule has 1 aromatic rings. The van der Waals surface area contributed by atoms with E-state index in [1.807, 2.05) is 0 Å². The van der Waals surface area contributed by atoms with Crippen molar-refractivity contribution < 1.29 is 0 Å². The molecule has 3 nitrogen and oxygen atoms in total. The second-order valence-electron chi connectivity index (χ2n) is 5.52. The van der Waals surface area contributed by atoms with Crippen LogP contribution in [0.5, 0.6) is 0 Å². The lowest BCUT2D eigenvalue weighted by molar-refractivity contribution is 0.720. The Hall–Kier alpha value is -0.610. The molecule has 0 saturated heterocycles. The fourth-order valence-electron chi connectivity index (χ4n) is 2.19. The lowest BCUT2D eigenvalue weighted by Gasteiger charge is -2.15. The van der Waals surface area contributed by atoms with Crippen LogP contribution in [-0.2, 0) is 6.54 Å². The van der Waals surface area contributed by atoms with Crippen LogP contribution in [0.3, 0.4) is 0 Å². The molecule has 2 rings (SSSR count). The van der Waals surface area contributed by atoms with Crippen molar-refractivity contribution >= 4 is 16.5 Å². The summed E-state index contributed by atoms with van der Waals surface area (Å²) in [5.74, 6) is 2.23. The van der Waals surface area contributed by atoms with Gasteiger partial charge in [0.1, 0.15) is 0 Å². The molecule has 17 heavy (non-hydrogen) atoms. The summed E-state index contributed by atoms with van der Waals surface area (Å²) in [6, 6.07) is 0. The molecule has 0 radical (unpaired) electrons. The van der Waals surface area contributed by atoms with E-state index in [9.17, 15) is 0 Å². The number of nitrogens with zero attached hydrogens (tertiary/aromatic N) is 2. The molecule has 2 N–H and O–H groups in total. The number of hydrogen-bond acceptors (Lipinski definition) is 4. The molecule has 0 aliphatic heterocycles. The van der Waals surface area contributed by atoms with E-state index in [1.54, 1.807) is 11.3 Å². The molecule has 0 aromatic carbocycles. The van der Waals surface area contributed by atoms with Gasteiger partial charge in [0.2, 0.25) is 0 Å². The molecule has 1 saturated carbocycles. The van der Waals surface area contributed by atoms with Crippen LogP contribution in [0.4, 0.5) is 5.13 Å². The summed E-state index contributed by atoms with van der Waals surface area (Å²) in [4.78, 5) is 8.29. The maximum absolute atomic E-state index is 5.79. The van der Waals surface area contributed by atoms with Gasteiger partial charge in [-0.15, -0.1) is 11.3 Å². The van der Waals surface area contributed by atoms with Crippen LogP contribution in [0.15, 0.2) is 0 Å². The van der Waals surface area contributed by atoms with Crippen molar-refractivity contribution in [2.24, 2.45) is 17.6 Å². The zero-order valence-electron chi connectivity index (χ0n) is 11.2. The van der Waals surface area contributed by atoms with Gasteiger partial charge >= 0.3 is 0 Å². The van der Waals surface area contributed by atoms with Gasteiger partial charge in [-0.05, 0) is 24.2 Å². The Labute approximate surface area is 108 Å².